The Hall–Kier alpha value is -2.22. The van der Waals surface area contributed by atoms with Gasteiger partial charge in [-0.2, -0.15) is 0 Å². The number of amides is 2. The first-order valence-electron chi connectivity index (χ1n) is 6.48. The van der Waals surface area contributed by atoms with Crippen LogP contribution in [0.1, 0.15) is 17.7 Å². The number of thiophene rings is 1. The first-order chi connectivity index (χ1) is 9.97. The minimum atomic E-state index is -0.460. The number of carbonyl (C=O) groups is 2. The van der Waals surface area contributed by atoms with Crippen LogP contribution in [0.25, 0.3) is 6.08 Å². The third-order valence-electron chi connectivity index (χ3n) is 3.39. The third kappa shape index (κ3) is 3.88. The van der Waals surface area contributed by atoms with Gasteiger partial charge in [-0.15, -0.1) is 0 Å². The van der Waals surface area contributed by atoms with Crippen LogP contribution in [0.15, 0.2) is 18.2 Å². The van der Waals surface area contributed by atoms with E-state index in [1.807, 2.05) is 0 Å². The number of nitro groups is 1. The van der Waals surface area contributed by atoms with Gasteiger partial charge in [-0.3, -0.25) is 19.7 Å². The van der Waals surface area contributed by atoms with Crippen molar-refractivity contribution in [1.29, 1.82) is 0 Å². The minimum Gasteiger partial charge on any atom is -0.369 e. The van der Waals surface area contributed by atoms with Gasteiger partial charge in [0.2, 0.25) is 11.8 Å². The van der Waals surface area contributed by atoms with Crippen molar-refractivity contribution in [3.05, 3.63) is 33.2 Å². The molecule has 0 spiro atoms. The Morgan fingerprint density at radius 2 is 2.05 bits per heavy atom. The summed E-state index contributed by atoms with van der Waals surface area (Å²) in [6.45, 7) is 1.00. The monoisotopic (exact) mass is 309 g/mol. The van der Waals surface area contributed by atoms with E-state index in [0.717, 1.165) is 11.3 Å². The molecular formula is C13H15N3O4S. The third-order valence-corrected chi connectivity index (χ3v) is 4.39. The van der Waals surface area contributed by atoms with E-state index in [4.69, 9.17) is 5.73 Å². The predicted octanol–water partition coefficient (Wildman–Crippen LogP) is 1.39. The van der Waals surface area contributed by atoms with Crippen molar-refractivity contribution in [1.82, 2.24) is 4.90 Å². The van der Waals surface area contributed by atoms with E-state index < -0.39 is 4.92 Å². The van der Waals surface area contributed by atoms with Crippen LogP contribution in [0.5, 0.6) is 0 Å². The Morgan fingerprint density at radius 1 is 1.38 bits per heavy atom. The maximum absolute atomic E-state index is 12.0. The van der Waals surface area contributed by atoms with Crippen LogP contribution in [0.2, 0.25) is 0 Å². The molecule has 1 aliphatic heterocycles. The second-order valence-electron chi connectivity index (χ2n) is 4.77. The molecule has 8 heteroatoms. The number of carbonyl (C=O) groups excluding carboxylic acids is 2. The molecule has 112 valence electrons. The van der Waals surface area contributed by atoms with Crippen LogP contribution < -0.4 is 5.73 Å². The fraction of sp³-hybridized carbons (Fsp3) is 0.385. The molecule has 1 aliphatic rings. The highest BCUT2D eigenvalue weighted by Gasteiger charge is 2.24. The maximum atomic E-state index is 12.0. The first-order valence-corrected chi connectivity index (χ1v) is 7.29. The zero-order chi connectivity index (χ0) is 15.4. The Bertz CT molecular complexity index is 588. The van der Waals surface area contributed by atoms with Gasteiger partial charge in [0.25, 0.3) is 0 Å². The van der Waals surface area contributed by atoms with Crippen molar-refractivity contribution in [2.45, 2.75) is 12.8 Å². The molecule has 0 unspecified atom stereocenters. The van der Waals surface area contributed by atoms with Crippen molar-refractivity contribution in [2.75, 3.05) is 13.1 Å². The molecule has 1 aromatic rings. The summed E-state index contributed by atoms with van der Waals surface area (Å²) in [5.41, 5.74) is 5.24. The molecule has 21 heavy (non-hydrogen) atoms. The molecule has 2 rings (SSSR count). The van der Waals surface area contributed by atoms with E-state index in [9.17, 15) is 19.7 Å². The van der Waals surface area contributed by atoms with E-state index >= 15 is 0 Å². The molecule has 0 aliphatic carbocycles. The summed E-state index contributed by atoms with van der Waals surface area (Å²) in [7, 11) is 0. The van der Waals surface area contributed by atoms with Gasteiger partial charge in [0.1, 0.15) is 0 Å². The molecule has 0 saturated carbocycles. The molecule has 2 amide bonds. The second-order valence-corrected chi connectivity index (χ2v) is 5.86. The number of nitrogens with two attached hydrogens (primary N) is 1. The van der Waals surface area contributed by atoms with E-state index in [1.165, 1.54) is 12.1 Å². The Labute approximate surface area is 125 Å². The molecule has 2 heterocycles. The molecule has 1 aromatic heterocycles. The summed E-state index contributed by atoms with van der Waals surface area (Å²) >= 11 is 1.02. The number of nitrogens with zero attached hydrogens (tertiary/aromatic N) is 2. The summed E-state index contributed by atoms with van der Waals surface area (Å²) in [6, 6.07) is 3.01. The second kappa shape index (κ2) is 6.49. The van der Waals surface area contributed by atoms with E-state index in [2.05, 4.69) is 0 Å². The normalized spacial score (nSPS) is 16.3. The van der Waals surface area contributed by atoms with Gasteiger partial charge < -0.3 is 10.6 Å². The van der Waals surface area contributed by atoms with Gasteiger partial charge in [0.15, 0.2) is 0 Å². The van der Waals surface area contributed by atoms with Crippen molar-refractivity contribution in [2.24, 2.45) is 11.7 Å². The van der Waals surface area contributed by atoms with Crippen LogP contribution in [-0.2, 0) is 9.59 Å². The fourth-order valence-electron chi connectivity index (χ4n) is 2.17. The molecule has 1 fully saturated rings. The number of likely N-dealkylation sites (tertiary alicyclic amines) is 1. The minimum absolute atomic E-state index is 0.0457. The predicted molar refractivity (Wildman–Crippen MR) is 78.5 cm³/mol. The standard InChI is InChI=1S/C13H15N3O4S/c14-13(18)9-5-7-15(8-6-9)11(17)3-1-10-2-4-12(21-10)16(19)20/h1-4,9H,5-8H2,(H2,14,18)/b3-1+. The average molecular weight is 309 g/mol. The van der Waals surface area contributed by atoms with E-state index in [-0.39, 0.29) is 22.7 Å². The lowest BCUT2D eigenvalue weighted by molar-refractivity contribution is -0.380. The quantitative estimate of drug-likeness (QED) is 0.515. The van der Waals surface area contributed by atoms with Crippen molar-refractivity contribution < 1.29 is 14.5 Å². The summed E-state index contributed by atoms with van der Waals surface area (Å²) in [4.78, 5) is 35.4. The topological polar surface area (TPSA) is 107 Å². The highest BCUT2D eigenvalue weighted by atomic mass is 32.1. The van der Waals surface area contributed by atoms with Gasteiger partial charge in [0, 0.05) is 36.0 Å². The van der Waals surface area contributed by atoms with Crippen LogP contribution in [0.4, 0.5) is 5.00 Å². The molecule has 0 aromatic carbocycles. The van der Waals surface area contributed by atoms with Crippen LogP contribution in [0.3, 0.4) is 0 Å². The number of primary amides is 1. The highest BCUT2D eigenvalue weighted by Crippen LogP contribution is 2.25. The molecule has 0 atom stereocenters. The van der Waals surface area contributed by atoms with Crippen LogP contribution >= 0.6 is 11.3 Å². The molecule has 0 bridgehead atoms. The van der Waals surface area contributed by atoms with Gasteiger partial charge in [-0.25, -0.2) is 0 Å². The van der Waals surface area contributed by atoms with Gasteiger partial charge in [-0.1, -0.05) is 11.3 Å². The van der Waals surface area contributed by atoms with E-state index in [0.29, 0.717) is 30.8 Å². The Morgan fingerprint density at radius 3 is 2.57 bits per heavy atom. The van der Waals surface area contributed by atoms with Gasteiger partial charge >= 0.3 is 5.00 Å². The maximum Gasteiger partial charge on any atom is 0.324 e. The lowest BCUT2D eigenvalue weighted by atomic mass is 9.96. The van der Waals surface area contributed by atoms with Crippen molar-refractivity contribution in [3.63, 3.8) is 0 Å². The van der Waals surface area contributed by atoms with Gasteiger partial charge in [0.05, 0.1) is 4.92 Å². The Kier molecular flexibility index (Phi) is 4.69. The number of rotatable bonds is 4. The average Bonchev–Trinajstić information content (AvgIpc) is 2.94. The molecule has 7 nitrogen and oxygen atoms in total. The van der Waals surface area contributed by atoms with E-state index in [1.54, 1.807) is 17.0 Å². The fourth-order valence-corrected chi connectivity index (χ4v) is 2.90. The summed E-state index contributed by atoms with van der Waals surface area (Å²) < 4.78 is 0. The van der Waals surface area contributed by atoms with Crippen LogP contribution in [-0.4, -0.2) is 34.7 Å². The molecular weight excluding hydrogens is 294 g/mol. The Balaban J connectivity index is 1.91. The summed E-state index contributed by atoms with van der Waals surface area (Å²) in [5, 5.41) is 10.6. The lowest BCUT2D eigenvalue weighted by Gasteiger charge is -2.29. The number of piperidine rings is 1. The van der Waals surface area contributed by atoms with Crippen molar-refractivity contribution >= 4 is 34.2 Å². The number of hydrogen-bond donors (Lipinski definition) is 1. The smallest absolute Gasteiger partial charge is 0.324 e. The zero-order valence-corrected chi connectivity index (χ0v) is 12.0. The van der Waals surface area contributed by atoms with Crippen molar-refractivity contribution in [3.8, 4) is 0 Å². The molecule has 1 saturated heterocycles. The highest BCUT2D eigenvalue weighted by molar-refractivity contribution is 7.16. The first kappa shape index (κ1) is 15.2. The number of hydrogen-bond acceptors (Lipinski definition) is 5. The van der Waals surface area contributed by atoms with Gasteiger partial charge in [-0.05, 0) is 25.0 Å². The van der Waals surface area contributed by atoms with Crippen LogP contribution in [0, 0.1) is 16.0 Å². The summed E-state index contributed by atoms with van der Waals surface area (Å²) in [6.07, 6.45) is 4.14. The SMILES string of the molecule is NC(=O)C1CCN(C(=O)/C=C/c2ccc([N+](=O)[O-])s2)CC1. The summed E-state index contributed by atoms with van der Waals surface area (Å²) in [5.74, 6) is -0.629. The molecule has 2 N–H and O–H groups in total. The zero-order valence-electron chi connectivity index (χ0n) is 11.2. The molecule has 0 radical (unpaired) electrons. The lowest BCUT2D eigenvalue weighted by Crippen LogP contribution is -2.41. The largest absolute Gasteiger partial charge is 0.369 e.